The Labute approximate surface area is 130 Å². The zero-order chi connectivity index (χ0) is 15.3. The van der Waals surface area contributed by atoms with Crippen LogP contribution in [0.4, 0.5) is 0 Å². The Morgan fingerprint density at radius 1 is 1.05 bits per heavy atom. The van der Waals surface area contributed by atoms with E-state index < -0.39 is 0 Å². The smallest absolute Gasteiger partial charge is 0.0329 e. The Balaban J connectivity index is 1.79. The zero-order valence-corrected chi connectivity index (χ0v) is 14.1. The van der Waals surface area contributed by atoms with E-state index in [9.17, 15) is 0 Å². The molecule has 1 fully saturated rings. The van der Waals surface area contributed by atoms with Crippen molar-refractivity contribution in [2.75, 3.05) is 39.8 Å². The van der Waals surface area contributed by atoms with E-state index in [1.807, 2.05) is 0 Å². The Hall–Kier alpha value is -0.900. The van der Waals surface area contributed by atoms with Crippen LogP contribution in [0.3, 0.4) is 0 Å². The summed E-state index contributed by atoms with van der Waals surface area (Å²) >= 11 is 0. The van der Waals surface area contributed by atoms with Crippen molar-refractivity contribution in [2.45, 2.75) is 38.8 Å². The fourth-order valence-corrected chi connectivity index (χ4v) is 3.12. The van der Waals surface area contributed by atoms with Gasteiger partial charge in [-0.25, -0.2) is 0 Å². The molecule has 1 aromatic carbocycles. The fraction of sp³-hybridized carbons (Fsp3) is 0.667. The zero-order valence-electron chi connectivity index (χ0n) is 14.1. The highest BCUT2D eigenvalue weighted by molar-refractivity contribution is 5.18. The first kappa shape index (κ1) is 16.5. The summed E-state index contributed by atoms with van der Waals surface area (Å²) in [5.74, 6) is 0. The van der Waals surface area contributed by atoms with Crippen molar-refractivity contribution in [1.82, 2.24) is 15.1 Å². The largest absolute Gasteiger partial charge is 0.313 e. The van der Waals surface area contributed by atoms with Crippen molar-refractivity contribution in [3.63, 3.8) is 0 Å². The molecular formula is C18H31N3. The molecule has 21 heavy (non-hydrogen) atoms. The average molecular weight is 289 g/mol. The standard InChI is InChI=1S/C18H31N3/c1-18(2,3)21-14-12-20(13-15-21)11-10-17(19-4)16-8-6-5-7-9-16/h5-9,17,19H,10-15H2,1-4H3. The van der Waals surface area contributed by atoms with Crippen molar-refractivity contribution >= 4 is 0 Å². The molecule has 1 atom stereocenters. The van der Waals surface area contributed by atoms with Gasteiger partial charge in [0, 0.05) is 44.3 Å². The van der Waals surface area contributed by atoms with Gasteiger partial charge < -0.3 is 10.2 Å². The molecule has 0 bridgehead atoms. The number of rotatable bonds is 5. The summed E-state index contributed by atoms with van der Waals surface area (Å²) in [6, 6.07) is 11.2. The van der Waals surface area contributed by atoms with Crippen molar-refractivity contribution in [2.24, 2.45) is 0 Å². The minimum Gasteiger partial charge on any atom is -0.313 e. The number of nitrogens with zero attached hydrogens (tertiary/aromatic N) is 2. The molecule has 1 saturated heterocycles. The molecule has 1 N–H and O–H groups in total. The summed E-state index contributed by atoms with van der Waals surface area (Å²) in [6.07, 6.45) is 1.18. The van der Waals surface area contributed by atoms with Gasteiger partial charge >= 0.3 is 0 Å². The molecule has 0 radical (unpaired) electrons. The predicted molar refractivity (Wildman–Crippen MR) is 90.6 cm³/mol. The van der Waals surface area contributed by atoms with Crippen LogP contribution in [-0.4, -0.2) is 55.1 Å². The molecule has 0 aromatic heterocycles. The second-order valence-electron chi connectivity index (χ2n) is 7.04. The van der Waals surface area contributed by atoms with E-state index in [0.717, 1.165) is 0 Å². The SMILES string of the molecule is CNC(CCN1CCN(C(C)(C)C)CC1)c1ccccc1. The van der Waals surface area contributed by atoms with Crippen molar-refractivity contribution in [3.05, 3.63) is 35.9 Å². The highest BCUT2D eigenvalue weighted by Gasteiger charge is 2.25. The second-order valence-corrected chi connectivity index (χ2v) is 7.04. The molecule has 0 saturated carbocycles. The van der Waals surface area contributed by atoms with Crippen molar-refractivity contribution in [1.29, 1.82) is 0 Å². The molecule has 0 aliphatic carbocycles. The van der Waals surface area contributed by atoms with Crippen LogP contribution in [0.15, 0.2) is 30.3 Å². The molecular weight excluding hydrogens is 258 g/mol. The predicted octanol–water partition coefficient (Wildman–Crippen LogP) is 2.75. The number of nitrogens with one attached hydrogen (secondary N) is 1. The topological polar surface area (TPSA) is 18.5 Å². The molecule has 118 valence electrons. The summed E-state index contributed by atoms with van der Waals surface area (Å²) < 4.78 is 0. The van der Waals surface area contributed by atoms with Crippen LogP contribution in [-0.2, 0) is 0 Å². The van der Waals surface area contributed by atoms with Gasteiger partial charge in [0.05, 0.1) is 0 Å². The monoisotopic (exact) mass is 289 g/mol. The summed E-state index contributed by atoms with van der Waals surface area (Å²) in [5.41, 5.74) is 1.71. The third-order valence-corrected chi connectivity index (χ3v) is 4.61. The number of benzene rings is 1. The van der Waals surface area contributed by atoms with Gasteiger partial charge in [-0.15, -0.1) is 0 Å². The van der Waals surface area contributed by atoms with Crippen molar-refractivity contribution < 1.29 is 0 Å². The third kappa shape index (κ3) is 4.80. The van der Waals surface area contributed by atoms with Gasteiger partial charge in [-0.3, -0.25) is 4.90 Å². The summed E-state index contributed by atoms with van der Waals surface area (Å²) in [7, 11) is 2.06. The first-order valence-electron chi connectivity index (χ1n) is 8.20. The summed E-state index contributed by atoms with van der Waals surface area (Å²) in [6.45, 7) is 12.9. The van der Waals surface area contributed by atoms with E-state index >= 15 is 0 Å². The quantitative estimate of drug-likeness (QED) is 0.899. The van der Waals surface area contributed by atoms with Gasteiger partial charge in [0.25, 0.3) is 0 Å². The van der Waals surface area contributed by atoms with E-state index in [4.69, 9.17) is 0 Å². The highest BCUT2D eigenvalue weighted by atomic mass is 15.3. The van der Waals surface area contributed by atoms with Gasteiger partial charge in [-0.2, -0.15) is 0 Å². The van der Waals surface area contributed by atoms with Crippen LogP contribution in [0.5, 0.6) is 0 Å². The van der Waals surface area contributed by atoms with E-state index in [1.54, 1.807) is 0 Å². The average Bonchev–Trinajstić information content (AvgIpc) is 2.48. The highest BCUT2D eigenvalue weighted by Crippen LogP contribution is 2.19. The van der Waals surface area contributed by atoms with Crippen LogP contribution in [0.25, 0.3) is 0 Å². The maximum Gasteiger partial charge on any atom is 0.0329 e. The lowest BCUT2D eigenvalue weighted by Gasteiger charge is -2.42. The molecule has 3 nitrogen and oxygen atoms in total. The van der Waals surface area contributed by atoms with Crippen LogP contribution >= 0.6 is 0 Å². The first-order valence-corrected chi connectivity index (χ1v) is 8.20. The van der Waals surface area contributed by atoms with E-state index in [-0.39, 0.29) is 0 Å². The van der Waals surface area contributed by atoms with Crippen LogP contribution in [0, 0.1) is 0 Å². The van der Waals surface area contributed by atoms with Gasteiger partial charge in [-0.1, -0.05) is 30.3 Å². The molecule has 1 aliphatic rings. The lowest BCUT2D eigenvalue weighted by atomic mass is 10.0. The molecule has 1 unspecified atom stereocenters. The van der Waals surface area contributed by atoms with E-state index in [1.165, 1.54) is 44.7 Å². The second kappa shape index (κ2) is 7.39. The minimum absolute atomic E-state index is 0.309. The van der Waals surface area contributed by atoms with E-state index in [0.29, 0.717) is 11.6 Å². The first-order chi connectivity index (χ1) is 10.0. The molecule has 1 aromatic rings. The van der Waals surface area contributed by atoms with Gasteiger partial charge in [0.1, 0.15) is 0 Å². The lowest BCUT2D eigenvalue weighted by molar-refractivity contribution is 0.0607. The van der Waals surface area contributed by atoms with Gasteiger partial charge in [0.2, 0.25) is 0 Å². The van der Waals surface area contributed by atoms with Gasteiger partial charge in [-0.05, 0) is 39.8 Å². The Morgan fingerprint density at radius 3 is 2.19 bits per heavy atom. The Bertz CT molecular complexity index is 402. The van der Waals surface area contributed by atoms with Crippen molar-refractivity contribution in [3.8, 4) is 0 Å². The van der Waals surface area contributed by atoms with E-state index in [2.05, 4.69) is 73.3 Å². The van der Waals surface area contributed by atoms with Gasteiger partial charge in [0.15, 0.2) is 0 Å². The third-order valence-electron chi connectivity index (χ3n) is 4.61. The lowest BCUT2D eigenvalue weighted by Crippen LogP contribution is -2.53. The molecule has 2 rings (SSSR count). The minimum atomic E-state index is 0.309. The molecule has 1 aliphatic heterocycles. The summed E-state index contributed by atoms with van der Waals surface area (Å²) in [4.78, 5) is 5.20. The number of hydrogen-bond donors (Lipinski definition) is 1. The molecule has 1 heterocycles. The number of hydrogen-bond acceptors (Lipinski definition) is 3. The maximum atomic E-state index is 3.45. The molecule has 0 spiro atoms. The Morgan fingerprint density at radius 2 is 1.67 bits per heavy atom. The van der Waals surface area contributed by atoms with Crippen LogP contribution < -0.4 is 5.32 Å². The fourth-order valence-electron chi connectivity index (χ4n) is 3.12. The van der Waals surface area contributed by atoms with Crippen LogP contribution in [0.1, 0.15) is 38.8 Å². The van der Waals surface area contributed by atoms with Crippen LogP contribution in [0.2, 0.25) is 0 Å². The summed E-state index contributed by atoms with van der Waals surface area (Å²) in [5, 5.41) is 3.45. The normalized spacial score (nSPS) is 19.6. The maximum absolute atomic E-state index is 3.45. The molecule has 3 heteroatoms. The Kier molecular flexibility index (Phi) is 5.80. The number of piperazine rings is 1. The molecule has 0 amide bonds.